The predicted molar refractivity (Wildman–Crippen MR) is 137 cm³/mol. The number of pyridine rings is 1. The first-order chi connectivity index (χ1) is 17.3. The summed E-state index contributed by atoms with van der Waals surface area (Å²) in [6, 6.07) is 11.6. The Morgan fingerprint density at radius 2 is 1.97 bits per heavy atom. The van der Waals surface area contributed by atoms with E-state index >= 15 is 0 Å². The topological polar surface area (TPSA) is 94.7 Å². The maximum Gasteiger partial charge on any atom is 0.311 e. The number of rotatable bonds is 5. The van der Waals surface area contributed by atoms with Gasteiger partial charge < -0.3 is 19.1 Å². The number of aromatic nitrogens is 2. The van der Waals surface area contributed by atoms with Gasteiger partial charge in [-0.05, 0) is 61.9 Å². The van der Waals surface area contributed by atoms with Gasteiger partial charge in [-0.15, -0.1) is 0 Å². The largest absolute Gasteiger partial charge is 0.496 e. The van der Waals surface area contributed by atoms with Crippen LogP contribution in [-0.2, 0) is 11.4 Å². The highest BCUT2D eigenvalue weighted by Gasteiger charge is 2.33. The first-order valence-electron chi connectivity index (χ1n) is 11.9. The highest BCUT2D eigenvalue weighted by atomic mass is 35.5. The van der Waals surface area contributed by atoms with Crippen LogP contribution in [0.5, 0.6) is 11.5 Å². The second kappa shape index (κ2) is 9.56. The van der Waals surface area contributed by atoms with Crippen LogP contribution >= 0.6 is 11.6 Å². The number of carbonyl (C=O) groups is 1. The van der Waals surface area contributed by atoms with Gasteiger partial charge in [0.15, 0.2) is 5.75 Å². The average molecular weight is 507 g/mol. The van der Waals surface area contributed by atoms with Crippen molar-refractivity contribution in [1.82, 2.24) is 10.1 Å². The first kappa shape index (κ1) is 24.3. The molecule has 36 heavy (non-hydrogen) atoms. The fourth-order valence-corrected chi connectivity index (χ4v) is 5.38. The third-order valence-corrected chi connectivity index (χ3v) is 7.32. The zero-order chi connectivity index (χ0) is 25.6. The molecule has 0 spiro atoms. The number of aliphatic hydroxyl groups is 1. The molecule has 0 aliphatic carbocycles. The Kier molecular flexibility index (Phi) is 6.45. The van der Waals surface area contributed by atoms with Crippen molar-refractivity contribution < 1.29 is 23.9 Å². The summed E-state index contributed by atoms with van der Waals surface area (Å²) in [7, 11) is 1.62. The molecule has 0 fully saturated rings. The first-order valence-corrected chi connectivity index (χ1v) is 12.2. The zero-order valence-electron chi connectivity index (χ0n) is 20.6. The minimum Gasteiger partial charge on any atom is -0.496 e. The summed E-state index contributed by atoms with van der Waals surface area (Å²) in [5.74, 6) is 1.28. The minimum absolute atomic E-state index is 0.0425. The molecule has 2 aromatic carbocycles. The van der Waals surface area contributed by atoms with Crippen molar-refractivity contribution in [2.45, 2.75) is 52.1 Å². The van der Waals surface area contributed by atoms with Crippen molar-refractivity contribution in [2.75, 3.05) is 7.11 Å². The molecule has 7 nitrogen and oxygen atoms in total. The molecule has 3 heterocycles. The Bertz CT molecular complexity index is 1440. The van der Waals surface area contributed by atoms with Crippen LogP contribution in [0.4, 0.5) is 0 Å². The standard InChI is InChI=1S/C28H27ClN2O5/c1-14(17-5-7-18(29)8-6-17)19-9-10-25(33)35-28-23(13-32)30-22-11-21(26-15(2)31-36-16(26)3)24(34-4)12-20(22)27(19)28/h5-8,11-12,14,19,32H,9-10,13H2,1-4H3/t14-,19?/m1/s1. The van der Waals surface area contributed by atoms with Gasteiger partial charge in [0.25, 0.3) is 0 Å². The van der Waals surface area contributed by atoms with Crippen LogP contribution in [0.1, 0.15) is 59.9 Å². The van der Waals surface area contributed by atoms with Crippen LogP contribution in [-0.4, -0.2) is 28.3 Å². The van der Waals surface area contributed by atoms with Gasteiger partial charge in [-0.1, -0.05) is 35.8 Å². The van der Waals surface area contributed by atoms with Gasteiger partial charge in [0.1, 0.15) is 17.2 Å². The molecule has 1 unspecified atom stereocenters. The van der Waals surface area contributed by atoms with E-state index < -0.39 is 0 Å². The number of esters is 1. The van der Waals surface area contributed by atoms with Gasteiger partial charge in [0.2, 0.25) is 0 Å². The molecule has 186 valence electrons. The van der Waals surface area contributed by atoms with Crippen molar-refractivity contribution in [3.05, 3.63) is 69.7 Å². The molecule has 1 aliphatic rings. The predicted octanol–water partition coefficient (Wildman–Crippen LogP) is 6.25. The molecule has 0 saturated carbocycles. The summed E-state index contributed by atoms with van der Waals surface area (Å²) in [6.45, 7) is 5.50. The monoisotopic (exact) mass is 506 g/mol. The van der Waals surface area contributed by atoms with E-state index in [1.165, 1.54) is 0 Å². The summed E-state index contributed by atoms with van der Waals surface area (Å²) < 4.78 is 17.0. The summed E-state index contributed by atoms with van der Waals surface area (Å²) in [5, 5.41) is 15.8. The maximum atomic E-state index is 12.6. The van der Waals surface area contributed by atoms with E-state index in [0.29, 0.717) is 39.9 Å². The summed E-state index contributed by atoms with van der Waals surface area (Å²) in [6.07, 6.45) is 0.853. The van der Waals surface area contributed by atoms with Crippen molar-refractivity contribution in [1.29, 1.82) is 0 Å². The number of nitrogens with zero attached hydrogens (tertiary/aromatic N) is 2. The maximum absolute atomic E-state index is 12.6. The quantitative estimate of drug-likeness (QED) is 0.320. The van der Waals surface area contributed by atoms with Gasteiger partial charge in [0, 0.05) is 28.0 Å². The summed E-state index contributed by atoms with van der Waals surface area (Å²) in [5.41, 5.74) is 5.32. The van der Waals surface area contributed by atoms with Gasteiger partial charge in [-0.25, -0.2) is 4.98 Å². The number of ether oxygens (including phenoxy) is 2. The third kappa shape index (κ3) is 4.12. The fraction of sp³-hybridized carbons (Fsp3) is 0.321. The van der Waals surface area contributed by atoms with Crippen LogP contribution < -0.4 is 9.47 Å². The number of methoxy groups -OCH3 is 1. The van der Waals surface area contributed by atoms with E-state index in [9.17, 15) is 9.90 Å². The number of aryl methyl sites for hydroxylation is 2. The zero-order valence-corrected chi connectivity index (χ0v) is 21.3. The lowest BCUT2D eigenvalue weighted by Gasteiger charge is -2.26. The molecular formula is C28H27ClN2O5. The summed E-state index contributed by atoms with van der Waals surface area (Å²) >= 11 is 6.13. The lowest BCUT2D eigenvalue weighted by atomic mass is 9.78. The van der Waals surface area contributed by atoms with Crippen molar-refractivity contribution in [3.8, 4) is 22.6 Å². The smallest absolute Gasteiger partial charge is 0.311 e. The van der Waals surface area contributed by atoms with Crippen LogP contribution in [0, 0.1) is 13.8 Å². The number of hydrogen-bond acceptors (Lipinski definition) is 7. The SMILES string of the molecule is COc1cc2c3c(c(CO)nc2cc1-c1c(C)noc1C)OC(=O)CCC3[C@H](C)c1ccc(Cl)cc1. The Labute approximate surface area is 214 Å². The molecule has 1 N–H and O–H groups in total. The lowest BCUT2D eigenvalue weighted by Crippen LogP contribution is -2.11. The highest BCUT2D eigenvalue weighted by Crippen LogP contribution is 2.48. The Balaban J connectivity index is 1.79. The Morgan fingerprint density at radius 3 is 2.61 bits per heavy atom. The van der Waals surface area contributed by atoms with Gasteiger partial charge in [-0.2, -0.15) is 0 Å². The second-order valence-corrected chi connectivity index (χ2v) is 9.62. The van der Waals surface area contributed by atoms with Crippen molar-refractivity contribution >= 4 is 28.5 Å². The van der Waals surface area contributed by atoms with E-state index in [1.54, 1.807) is 7.11 Å². The molecule has 8 heteroatoms. The Hall–Kier alpha value is -3.42. The number of aliphatic hydroxyl groups excluding tert-OH is 1. The van der Waals surface area contributed by atoms with Crippen LogP contribution in [0.15, 0.2) is 40.9 Å². The van der Waals surface area contributed by atoms with Crippen LogP contribution in [0.25, 0.3) is 22.0 Å². The van der Waals surface area contributed by atoms with E-state index in [-0.39, 0.29) is 30.8 Å². The number of fused-ring (bicyclic) bond motifs is 3. The van der Waals surface area contributed by atoms with Gasteiger partial charge >= 0.3 is 5.97 Å². The van der Waals surface area contributed by atoms with Crippen molar-refractivity contribution in [2.24, 2.45) is 0 Å². The number of carbonyl (C=O) groups excluding carboxylic acids is 1. The fourth-order valence-electron chi connectivity index (χ4n) is 5.25. The molecule has 0 radical (unpaired) electrons. The normalized spacial score (nSPS) is 16.4. The number of hydrogen-bond donors (Lipinski definition) is 1. The van der Waals surface area contributed by atoms with Crippen molar-refractivity contribution in [3.63, 3.8) is 0 Å². The molecule has 0 saturated heterocycles. The number of halogens is 1. The molecule has 2 atom stereocenters. The van der Waals surface area contributed by atoms with E-state index in [1.807, 2.05) is 50.2 Å². The number of benzene rings is 2. The summed E-state index contributed by atoms with van der Waals surface area (Å²) in [4.78, 5) is 17.3. The molecule has 2 aromatic heterocycles. The second-order valence-electron chi connectivity index (χ2n) is 9.19. The molecule has 4 aromatic rings. The molecular weight excluding hydrogens is 480 g/mol. The van der Waals surface area contributed by atoms with Gasteiger partial charge in [-0.3, -0.25) is 4.79 Å². The minimum atomic E-state index is -0.361. The van der Waals surface area contributed by atoms with Gasteiger partial charge in [0.05, 0.1) is 30.5 Å². The Morgan fingerprint density at radius 1 is 1.22 bits per heavy atom. The van der Waals surface area contributed by atoms with Crippen LogP contribution in [0.2, 0.25) is 5.02 Å². The molecule has 0 bridgehead atoms. The van der Waals surface area contributed by atoms with E-state index in [2.05, 4.69) is 12.1 Å². The lowest BCUT2D eigenvalue weighted by molar-refractivity contribution is -0.134. The molecule has 5 rings (SSSR count). The van der Waals surface area contributed by atoms with Crippen LogP contribution in [0.3, 0.4) is 0 Å². The van der Waals surface area contributed by atoms with E-state index in [0.717, 1.165) is 33.3 Å². The third-order valence-electron chi connectivity index (χ3n) is 7.07. The highest BCUT2D eigenvalue weighted by molar-refractivity contribution is 6.30. The average Bonchev–Trinajstić information content (AvgIpc) is 3.10. The molecule has 0 amide bonds. The molecule has 1 aliphatic heterocycles. The van der Waals surface area contributed by atoms with E-state index in [4.69, 9.17) is 30.6 Å².